The van der Waals surface area contributed by atoms with Crippen LogP contribution in [0.25, 0.3) is 0 Å². The average molecular weight is 277 g/mol. The van der Waals surface area contributed by atoms with Crippen molar-refractivity contribution in [3.63, 3.8) is 0 Å². The summed E-state index contributed by atoms with van der Waals surface area (Å²) in [4.78, 5) is 25.6. The maximum Gasteiger partial charge on any atom is 0.415 e. The Morgan fingerprint density at radius 1 is 1.37 bits per heavy atom. The minimum absolute atomic E-state index is 0.189. The molecular weight excluding hydrogens is 267 g/mol. The van der Waals surface area contributed by atoms with Crippen LogP contribution in [0, 0.1) is 0 Å². The fourth-order valence-electron chi connectivity index (χ4n) is 1.01. The Hall–Kier alpha value is -2.16. The number of carboxylic acids is 1. The highest BCUT2D eigenvalue weighted by molar-refractivity contribution is 5.99. The van der Waals surface area contributed by atoms with Gasteiger partial charge in [0.15, 0.2) is 5.54 Å². The summed E-state index contributed by atoms with van der Waals surface area (Å²) in [5.41, 5.74) is 1.35. The van der Waals surface area contributed by atoms with Crippen LogP contribution in [-0.2, 0) is 4.79 Å². The van der Waals surface area contributed by atoms with Crippen molar-refractivity contribution in [3.05, 3.63) is 24.0 Å². The zero-order chi connectivity index (χ0) is 14.8. The third kappa shape index (κ3) is 3.19. The number of nitrogens with zero attached hydrogens (tertiary/aromatic N) is 1. The number of halogens is 3. The van der Waals surface area contributed by atoms with E-state index in [0.29, 0.717) is 6.92 Å². The molecular formula is C10H10F3N3O3. The number of amides is 1. The number of alkyl halides is 3. The van der Waals surface area contributed by atoms with Gasteiger partial charge in [0.05, 0.1) is 17.4 Å². The molecule has 1 aromatic heterocycles. The summed E-state index contributed by atoms with van der Waals surface area (Å²) in [5.74, 6) is -2.83. The van der Waals surface area contributed by atoms with Gasteiger partial charge in [0.2, 0.25) is 0 Å². The number of nitrogens with one attached hydrogen (secondary N) is 1. The molecule has 0 aliphatic heterocycles. The molecule has 6 nitrogen and oxygen atoms in total. The normalized spacial score (nSPS) is 14.6. The summed E-state index contributed by atoms with van der Waals surface area (Å²) in [6, 6.07) is 0.972. The first kappa shape index (κ1) is 14.9. The first-order valence-corrected chi connectivity index (χ1v) is 4.91. The lowest BCUT2D eigenvalue weighted by molar-refractivity contribution is -0.184. The Morgan fingerprint density at radius 3 is 2.42 bits per heavy atom. The fourth-order valence-corrected chi connectivity index (χ4v) is 1.01. The molecule has 0 aliphatic rings. The molecule has 1 unspecified atom stereocenters. The van der Waals surface area contributed by atoms with Gasteiger partial charge in [-0.25, -0.2) is 4.79 Å². The van der Waals surface area contributed by atoms with Crippen LogP contribution < -0.4 is 11.1 Å². The number of aromatic nitrogens is 1. The second-order valence-corrected chi connectivity index (χ2v) is 3.92. The van der Waals surface area contributed by atoms with E-state index in [1.54, 1.807) is 0 Å². The molecule has 0 aliphatic carbocycles. The van der Waals surface area contributed by atoms with Crippen LogP contribution in [-0.4, -0.2) is 33.7 Å². The molecule has 1 aromatic rings. The van der Waals surface area contributed by atoms with Gasteiger partial charge in [-0.15, -0.1) is 0 Å². The minimum atomic E-state index is -4.94. The van der Waals surface area contributed by atoms with Gasteiger partial charge in [-0.2, -0.15) is 13.2 Å². The molecule has 1 atom stereocenters. The zero-order valence-electron chi connectivity index (χ0n) is 9.65. The summed E-state index contributed by atoms with van der Waals surface area (Å²) >= 11 is 0. The molecule has 0 saturated carbocycles. The van der Waals surface area contributed by atoms with Gasteiger partial charge in [0.25, 0.3) is 5.91 Å². The van der Waals surface area contributed by atoms with E-state index in [1.807, 2.05) is 5.32 Å². The van der Waals surface area contributed by atoms with Gasteiger partial charge >= 0.3 is 12.1 Å². The average Bonchev–Trinajstić information content (AvgIpc) is 2.27. The highest BCUT2D eigenvalue weighted by atomic mass is 19.4. The van der Waals surface area contributed by atoms with Gasteiger partial charge < -0.3 is 16.2 Å². The lowest BCUT2D eigenvalue weighted by atomic mass is 10.0. The van der Waals surface area contributed by atoms with E-state index >= 15 is 0 Å². The minimum Gasteiger partial charge on any atom is -0.478 e. The number of anilines is 1. The van der Waals surface area contributed by atoms with Crippen LogP contribution in [0.4, 0.5) is 18.9 Å². The van der Waals surface area contributed by atoms with E-state index in [-0.39, 0.29) is 11.3 Å². The molecule has 0 aromatic carbocycles. The monoisotopic (exact) mass is 277 g/mol. The summed E-state index contributed by atoms with van der Waals surface area (Å²) in [7, 11) is 0. The SMILES string of the molecule is CC(N)(C(=O)Nc1cncc(C(=O)O)c1)C(F)(F)F. The molecule has 0 spiro atoms. The van der Waals surface area contributed by atoms with Gasteiger partial charge in [0, 0.05) is 6.20 Å². The van der Waals surface area contributed by atoms with Crippen LogP contribution in [0.15, 0.2) is 18.5 Å². The van der Waals surface area contributed by atoms with E-state index in [9.17, 15) is 22.8 Å². The third-order valence-electron chi connectivity index (χ3n) is 2.30. The van der Waals surface area contributed by atoms with Crippen LogP contribution in [0.5, 0.6) is 0 Å². The molecule has 0 bridgehead atoms. The highest BCUT2D eigenvalue weighted by Crippen LogP contribution is 2.29. The first-order valence-electron chi connectivity index (χ1n) is 4.91. The lowest BCUT2D eigenvalue weighted by Gasteiger charge is -2.26. The Balaban J connectivity index is 2.95. The molecule has 0 radical (unpaired) electrons. The van der Waals surface area contributed by atoms with E-state index in [2.05, 4.69) is 4.98 Å². The molecule has 19 heavy (non-hydrogen) atoms. The van der Waals surface area contributed by atoms with Crippen molar-refractivity contribution in [3.8, 4) is 0 Å². The second kappa shape index (κ2) is 4.84. The summed E-state index contributed by atoms with van der Waals surface area (Å²) < 4.78 is 37.5. The molecule has 1 heterocycles. The molecule has 1 amide bonds. The van der Waals surface area contributed by atoms with Crippen LogP contribution in [0.1, 0.15) is 17.3 Å². The van der Waals surface area contributed by atoms with Crippen molar-refractivity contribution in [2.24, 2.45) is 5.73 Å². The summed E-state index contributed by atoms with van der Waals surface area (Å²) in [5, 5.41) is 10.5. The summed E-state index contributed by atoms with van der Waals surface area (Å²) in [6.45, 7) is 0.511. The molecule has 1 rings (SSSR count). The van der Waals surface area contributed by atoms with Crippen molar-refractivity contribution in [2.45, 2.75) is 18.6 Å². The lowest BCUT2D eigenvalue weighted by Crippen LogP contribution is -2.59. The Morgan fingerprint density at radius 2 is 1.95 bits per heavy atom. The number of nitrogens with two attached hydrogens (primary N) is 1. The topological polar surface area (TPSA) is 105 Å². The standard InChI is InChI=1S/C10H10F3N3O3/c1-9(14,10(11,12)13)8(19)16-6-2-5(7(17)18)3-15-4-6/h2-4H,14H2,1H3,(H,16,19)(H,17,18). The number of carboxylic acid groups (broad SMARTS) is 1. The third-order valence-corrected chi connectivity index (χ3v) is 2.30. The number of carbonyl (C=O) groups excluding carboxylic acids is 1. The maximum atomic E-state index is 12.5. The quantitative estimate of drug-likeness (QED) is 0.764. The van der Waals surface area contributed by atoms with Crippen LogP contribution in [0.3, 0.4) is 0 Å². The Kier molecular flexibility index (Phi) is 3.80. The van der Waals surface area contributed by atoms with E-state index in [0.717, 1.165) is 18.5 Å². The predicted octanol–water partition coefficient (Wildman–Crippen LogP) is 0.998. The molecule has 0 saturated heterocycles. The van der Waals surface area contributed by atoms with Crippen molar-refractivity contribution in [2.75, 3.05) is 5.32 Å². The highest BCUT2D eigenvalue weighted by Gasteiger charge is 2.54. The van der Waals surface area contributed by atoms with Gasteiger partial charge in [0.1, 0.15) is 0 Å². The largest absolute Gasteiger partial charge is 0.478 e. The second-order valence-electron chi connectivity index (χ2n) is 3.92. The number of aromatic carboxylic acids is 1. The summed E-state index contributed by atoms with van der Waals surface area (Å²) in [6.07, 6.45) is -2.94. The Bertz CT molecular complexity index is 514. The number of carbonyl (C=O) groups is 2. The van der Waals surface area contributed by atoms with Crippen LogP contribution >= 0.6 is 0 Å². The number of pyridine rings is 1. The number of hydrogen-bond donors (Lipinski definition) is 3. The molecule has 104 valence electrons. The molecule has 0 fully saturated rings. The fraction of sp³-hybridized carbons (Fsp3) is 0.300. The van der Waals surface area contributed by atoms with Crippen LogP contribution in [0.2, 0.25) is 0 Å². The van der Waals surface area contributed by atoms with E-state index in [1.165, 1.54) is 0 Å². The maximum absolute atomic E-state index is 12.5. The first-order chi connectivity index (χ1) is 8.55. The number of hydrogen-bond acceptors (Lipinski definition) is 4. The van der Waals surface area contributed by atoms with E-state index < -0.39 is 23.6 Å². The molecule has 9 heteroatoms. The molecule has 4 N–H and O–H groups in total. The van der Waals surface area contributed by atoms with Gasteiger partial charge in [-0.3, -0.25) is 9.78 Å². The zero-order valence-corrected chi connectivity index (χ0v) is 9.65. The van der Waals surface area contributed by atoms with Gasteiger partial charge in [-0.1, -0.05) is 0 Å². The van der Waals surface area contributed by atoms with Gasteiger partial charge in [-0.05, 0) is 13.0 Å². The smallest absolute Gasteiger partial charge is 0.415 e. The number of rotatable bonds is 3. The van der Waals surface area contributed by atoms with Crippen molar-refractivity contribution in [1.29, 1.82) is 0 Å². The van der Waals surface area contributed by atoms with Crippen molar-refractivity contribution < 1.29 is 27.9 Å². The predicted molar refractivity (Wildman–Crippen MR) is 58.5 cm³/mol. The Labute approximate surface area is 105 Å². The van der Waals surface area contributed by atoms with Crippen molar-refractivity contribution >= 4 is 17.6 Å². The van der Waals surface area contributed by atoms with Crippen molar-refractivity contribution in [1.82, 2.24) is 4.98 Å². The van der Waals surface area contributed by atoms with E-state index in [4.69, 9.17) is 10.8 Å².